The third-order valence-electron chi connectivity index (χ3n) is 2.80. The summed E-state index contributed by atoms with van der Waals surface area (Å²) in [7, 11) is 0. The largest absolute Gasteiger partial charge is 0.336 e. The van der Waals surface area contributed by atoms with Gasteiger partial charge in [0.2, 0.25) is 0 Å². The highest BCUT2D eigenvalue weighted by molar-refractivity contribution is 5.32. The Morgan fingerprint density at radius 2 is 2.19 bits per heavy atom. The van der Waals surface area contributed by atoms with Crippen LogP contribution in [0, 0.1) is 13.8 Å². The van der Waals surface area contributed by atoms with Crippen molar-refractivity contribution in [3.63, 3.8) is 0 Å². The minimum absolute atomic E-state index is 0.0223. The Bertz CT molecular complexity index is 460. The molecule has 0 aliphatic rings. The third-order valence-corrected chi connectivity index (χ3v) is 2.80. The van der Waals surface area contributed by atoms with E-state index in [1.165, 1.54) is 16.7 Å². The van der Waals surface area contributed by atoms with E-state index in [1.807, 2.05) is 10.8 Å². The fourth-order valence-electron chi connectivity index (χ4n) is 1.88. The molecule has 3 nitrogen and oxygen atoms in total. The van der Waals surface area contributed by atoms with Crippen LogP contribution in [0.25, 0.3) is 0 Å². The summed E-state index contributed by atoms with van der Waals surface area (Å²) in [5, 5.41) is 0. The lowest BCUT2D eigenvalue weighted by atomic mass is 9.99. The lowest BCUT2D eigenvalue weighted by Crippen LogP contribution is -2.18. The van der Waals surface area contributed by atoms with E-state index in [0.717, 1.165) is 6.54 Å². The molecule has 2 aromatic rings. The van der Waals surface area contributed by atoms with Gasteiger partial charge in [-0.15, -0.1) is 0 Å². The minimum Gasteiger partial charge on any atom is -0.336 e. The molecule has 0 radical (unpaired) electrons. The molecule has 0 aliphatic carbocycles. The van der Waals surface area contributed by atoms with Crippen LogP contribution in [-0.2, 0) is 6.54 Å². The van der Waals surface area contributed by atoms with Gasteiger partial charge in [-0.3, -0.25) is 0 Å². The summed E-state index contributed by atoms with van der Waals surface area (Å²) in [5.74, 6) is 0. The van der Waals surface area contributed by atoms with Gasteiger partial charge in [-0.25, -0.2) is 4.98 Å². The standard InChI is InChI=1S/C13H17N3/c1-10-3-4-11(2)12(7-10)13(14)8-16-6-5-15-9-16/h3-7,9,13H,8,14H2,1-2H3. The fraction of sp³-hybridized carbons (Fsp3) is 0.308. The summed E-state index contributed by atoms with van der Waals surface area (Å²) in [6.07, 6.45) is 5.51. The second-order valence-electron chi connectivity index (χ2n) is 4.23. The first-order valence-electron chi connectivity index (χ1n) is 5.45. The highest BCUT2D eigenvalue weighted by Gasteiger charge is 2.09. The molecule has 1 unspecified atom stereocenters. The summed E-state index contributed by atoms with van der Waals surface area (Å²) in [5.41, 5.74) is 9.92. The molecule has 0 spiro atoms. The van der Waals surface area contributed by atoms with E-state index in [0.29, 0.717) is 0 Å². The molecule has 0 fully saturated rings. The number of hydrogen-bond acceptors (Lipinski definition) is 2. The predicted molar refractivity (Wildman–Crippen MR) is 65.1 cm³/mol. The average molecular weight is 215 g/mol. The Morgan fingerprint density at radius 1 is 1.38 bits per heavy atom. The molecule has 1 heterocycles. The number of nitrogens with zero attached hydrogens (tertiary/aromatic N) is 2. The topological polar surface area (TPSA) is 43.8 Å². The van der Waals surface area contributed by atoms with E-state index < -0.39 is 0 Å². The second kappa shape index (κ2) is 4.49. The van der Waals surface area contributed by atoms with Gasteiger partial charge >= 0.3 is 0 Å². The van der Waals surface area contributed by atoms with Gasteiger partial charge in [0.1, 0.15) is 0 Å². The van der Waals surface area contributed by atoms with Crippen LogP contribution < -0.4 is 5.73 Å². The van der Waals surface area contributed by atoms with Gasteiger partial charge in [-0.2, -0.15) is 0 Å². The molecule has 84 valence electrons. The van der Waals surface area contributed by atoms with Gasteiger partial charge in [0.25, 0.3) is 0 Å². The molecule has 16 heavy (non-hydrogen) atoms. The molecule has 0 saturated heterocycles. The molecule has 3 heteroatoms. The molecule has 2 rings (SSSR count). The lowest BCUT2D eigenvalue weighted by molar-refractivity contribution is 0.574. The number of nitrogens with two attached hydrogens (primary N) is 1. The van der Waals surface area contributed by atoms with Crippen molar-refractivity contribution < 1.29 is 0 Å². The highest BCUT2D eigenvalue weighted by Crippen LogP contribution is 2.18. The quantitative estimate of drug-likeness (QED) is 0.853. The van der Waals surface area contributed by atoms with Crippen molar-refractivity contribution in [3.05, 3.63) is 53.6 Å². The average Bonchev–Trinajstić information content (AvgIpc) is 2.74. The van der Waals surface area contributed by atoms with Crippen molar-refractivity contribution >= 4 is 0 Å². The van der Waals surface area contributed by atoms with Crippen molar-refractivity contribution in [1.29, 1.82) is 0 Å². The van der Waals surface area contributed by atoms with Crippen LogP contribution in [-0.4, -0.2) is 9.55 Å². The van der Waals surface area contributed by atoms with Crippen LogP contribution in [0.5, 0.6) is 0 Å². The Kier molecular flexibility index (Phi) is 3.06. The first kappa shape index (κ1) is 10.9. The number of rotatable bonds is 3. The minimum atomic E-state index is 0.0223. The van der Waals surface area contributed by atoms with E-state index in [4.69, 9.17) is 5.73 Å². The number of aryl methyl sites for hydroxylation is 2. The van der Waals surface area contributed by atoms with Crippen LogP contribution in [0.2, 0.25) is 0 Å². The zero-order valence-corrected chi connectivity index (χ0v) is 9.72. The van der Waals surface area contributed by atoms with Crippen molar-refractivity contribution in [3.8, 4) is 0 Å². The molecular weight excluding hydrogens is 198 g/mol. The van der Waals surface area contributed by atoms with Crippen LogP contribution in [0.1, 0.15) is 22.7 Å². The van der Waals surface area contributed by atoms with Crippen molar-refractivity contribution in [2.24, 2.45) is 5.73 Å². The Balaban J connectivity index is 2.20. The van der Waals surface area contributed by atoms with Crippen molar-refractivity contribution in [2.45, 2.75) is 26.4 Å². The Morgan fingerprint density at radius 3 is 2.88 bits per heavy atom. The zero-order valence-electron chi connectivity index (χ0n) is 9.72. The van der Waals surface area contributed by atoms with Gasteiger partial charge in [0.15, 0.2) is 0 Å². The molecule has 1 atom stereocenters. The maximum atomic E-state index is 6.21. The van der Waals surface area contributed by atoms with E-state index in [9.17, 15) is 0 Å². The molecule has 0 aliphatic heterocycles. The van der Waals surface area contributed by atoms with Crippen molar-refractivity contribution in [2.75, 3.05) is 0 Å². The molecule has 0 amide bonds. The molecule has 0 saturated carbocycles. The predicted octanol–water partition coefficient (Wildman–Crippen LogP) is 2.20. The van der Waals surface area contributed by atoms with Gasteiger partial charge in [0, 0.05) is 25.0 Å². The van der Waals surface area contributed by atoms with Crippen molar-refractivity contribution in [1.82, 2.24) is 9.55 Å². The second-order valence-corrected chi connectivity index (χ2v) is 4.23. The van der Waals surface area contributed by atoms with Crippen LogP contribution >= 0.6 is 0 Å². The maximum absolute atomic E-state index is 6.21. The lowest BCUT2D eigenvalue weighted by Gasteiger charge is -2.16. The fourth-order valence-corrected chi connectivity index (χ4v) is 1.88. The summed E-state index contributed by atoms with van der Waals surface area (Å²) in [6, 6.07) is 6.42. The first-order valence-corrected chi connectivity index (χ1v) is 5.45. The monoisotopic (exact) mass is 215 g/mol. The normalized spacial score (nSPS) is 12.7. The molecular formula is C13H17N3. The van der Waals surface area contributed by atoms with Gasteiger partial charge < -0.3 is 10.3 Å². The van der Waals surface area contributed by atoms with Crippen LogP contribution in [0.3, 0.4) is 0 Å². The third kappa shape index (κ3) is 2.31. The SMILES string of the molecule is Cc1ccc(C)c(C(N)Cn2ccnc2)c1. The van der Waals surface area contributed by atoms with Gasteiger partial charge in [-0.05, 0) is 25.0 Å². The summed E-state index contributed by atoms with van der Waals surface area (Å²) in [4.78, 5) is 4.02. The van der Waals surface area contributed by atoms with E-state index in [1.54, 1.807) is 12.5 Å². The first-order chi connectivity index (χ1) is 7.66. The summed E-state index contributed by atoms with van der Waals surface area (Å²) in [6.45, 7) is 4.96. The van der Waals surface area contributed by atoms with E-state index in [-0.39, 0.29) is 6.04 Å². The molecule has 0 bridgehead atoms. The van der Waals surface area contributed by atoms with E-state index in [2.05, 4.69) is 37.0 Å². The summed E-state index contributed by atoms with van der Waals surface area (Å²) < 4.78 is 2.01. The highest BCUT2D eigenvalue weighted by atomic mass is 15.0. The molecule has 1 aromatic heterocycles. The Labute approximate surface area is 95.9 Å². The van der Waals surface area contributed by atoms with E-state index >= 15 is 0 Å². The molecule has 2 N–H and O–H groups in total. The number of imidazole rings is 1. The van der Waals surface area contributed by atoms with Crippen LogP contribution in [0.15, 0.2) is 36.9 Å². The Hall–Kier alpha value is -1.61. The smallest absolute Gasteiger partial charge is 0.0946 e. The van der Waals surface area contributed by atoms with Gasteiger partial charge in [-0.1, -0.05) is 23.8 Å². The summed E-state index contributed by atoms with van der Waals surface area (Å²) >= 11 is 0. The van der Waals surface area contributed by atoms with Crippen LogP contribution in [0.4, 0.5) is 0 Å². The number of hydrogen-bond donors (Lipinski definition) is 1. The molecule has 1 aromatic carbocycles. The zero-order chi connectivity index (χ0) is 11.5. The van der Waals surface area contributed by atoms with Gasteiger partial charge in [0.05, 0.1) is 6.33 Å². The number of benzene rings is 1. The number of aromatic nitrogens is 2. The maximum Gasteiger partial charge on any atom is 0.0946 e.